The fraction of sp³-hybridized carbons (Fsp3) is 0.300. The van der Waals surface area contributed by atoms with Crippen molar-refractivity contribution in [3.63, 3.8) is 0 Å². The molecule has 1 aromatic rings. The van der Waals surface area contributed by atoms with Crippen LogP contribution in [0, 0.1) is 11.3 Å². The van der Waals surface area contributed by atoms with Gasteiger partial charge in [0.2, 0.25) is 10.0 Å². The van der Waals surface area contributed by atoms with E-state index in [1.807, 2.05) is 0 Å². The number of sulfonamides is 1. The van der Waals surface area contributed by atoms with Gasteiger partial charge in [-0.2, -0.15) is 14.0 Å². The molecule has 0 aliphatic rings. The van der Waals surface area contributed by atoms with Gasteiger partial charge in [-0.1, -0.05) is 11.8 Å². The molecule has 8 heteroatoms. The van der Waals surface area contributed by atoms with Crippen molar-refractivity contribution in [3.8, 4) is 6.07 Å². The maximum atomic E-state index is 12.1. The number of nitriles is 1. The van der Waals surface area contributed by atoms with Crippen LogP contribution in [0.25, 0.3) is 0 Å². The molecule has 0 aliphatic heterocycles. The largest absolute Gasteiger partial charge is 0.288 e. The molecule has 0 aromatic heterocycles. The molecule has 0 spiro atoms. The van der Waals surface area contributed by atoms with E-state index in [0.717, 1.165) is 0 Å². The summed E-state index contributed by atoms with van der Waals surface area (Å²) < 4.78 is 49.4. The molecule has 0 aliphatic carbocycles. The van der Waals surface area contributed by atoms with Gasteiger partial charge in [0.15, 0.2) is 5.25 Å². The maximum absolute atomic E-state index is 12.1. The molecule has 0 fully saturated rings. The molecule has 18 heavy (non-hydrogen) atoms. The number of halogens is 2. The van der Waals surface area contributed by atoms with Crippen LogP contribution in [0.5, 0.6) is 0 Å². The topological polar surface area (TPSA) is 70.0 Å². The van der Waals surface area contributed by atoms with E-state index in [4.69, 9.17) is 5.26 Å². The third kappa shape index (κ3) is 4.16. The maximum Gasteiger partial charge on any atom is 0.288 e. The summed E-state index contributed by atoms with van der Waals surface area (Å²) in [5, 5.41) is 7.35. The van der Waals surface area contributed by atoms with Crippen LogP contribution in [0.1, 0.15) is 6.92 Å². The molecule has 0 radical (unpaired) electrons. The van der Waals surface area contributed by atoms with Gasteiger partial charge in [0.25, 0.3) is 5.76 Å². The van der Waals surface area contributed by atoms with Crippen LogP contribution < -0.4 is 4.72 Å². The molecule has 1 atom stereocenters. The Balaban J connectivity index is 2.79. The van der Waals surface area contributed by atoms with Crippen LogP contribution in [0.2, 0.25) is 0 Å². The van der Waals surface area contributed by atoms with Crippen molar-refractivity contribution in [2.24, 2.45) is 0 Å². The fourth-order valence-electron chi connectivity index (χ4n) is 1.03. The number of alkyl halides is 2. The van der Waals surface area contributed by atoms with Crippen molar-refractivity contribution in [2.45, 2.75) is 22.8 Å². The van der Waals surface area contributed by atoms with Crippen LogP contribution in [-0.4, -0.2) is 19.4 Å². The van der Waals surface area contributed by atoms with Crippen LogP contribution in [0.4, 0.5) is 14.5 Å². The van der Waals surface area contributed by atoms with Crippen LogP contribution in [-0.2, 0) is 10.0 Å². The highest BCUT2D eigenvalue weighted by Crippen LogP contribution is 2.26. The Morgan fingerprint density at radius 3 is 2.33 bits per heavy atom. The minimum atomic E-state index is -3.77. The number of nitrogens with one attached hydrogen (secondary N) is 1. The summed E-state index contributed by atoms with van der Waals surface area (Å²) in [6.07, 6.45) is 0. The number of anilines is 1. The second-order valence-electron chi connectivity index (χ2n) is 3.32. The molecule has 4 nitrogen and oxygen atoms in total. The van der Waals surface area contributed by atoms with E-state index in [9.17, 15) is 17.2 Å². The molecule has 0 bridgehead atoms. The molecule has 98 valence electrons. The number of hydrogen-bond donors (Lipinski definition) is 1. The SMILES string of the molecule is CC(C#N)S(=O)(=O)Nc1ccc(SC(F)F)cc1. The van der Waals surface area contributed by atoms with Crippen LogP contribution in [0.15, 0.2) is 29.2 Å². The van der Waals surface area contributed by atoms with Gasteiger partial charge in [0.1, 0.15) is 0 Å². The highest BCUT2D eigenvalue weighted by molar-refractivity contribution is 7.99. The molecular formula is C10H10F2N2O2S2. The van der Waals surface area contributed by atoms with Gasteiger partial charge < -0.3 is 0 Å². The highest BCUT2D eigenvalue weighted by Gasteiger charge is 2.19. The zero-order valence-corrected chi connectivity index (χ0v) is 10.9. The first-order chi connectivity index (χ1) is 8.35. The number of hydrogen-bond acceptors (Lipinski definition) is 4. The molecule has 0 amide bonds. The van der Waals surface area contributed by atoms with Crippen LogP contribution >= 0.6 is 11.8 Å². The first-order valence-corrected chi connectivity index (χ1v) is 7.24. The van der Waals surface area contributed by atoms with Gasteiger partial charge in [-0.3, -0.25) is 4.72 Å². The van der Waals surface area contributed by atoms with Gasteiger partial charge in [0.05, 0.1) is 6.07 Å². The summed E-state index contributed by atoms with van der Waals surface area (Å²) >= 11 is 0.373. The van der Waals surface area contributed by atoms with Gasteiger partial charge in [0, 0.05) is 10.6 Å². The standard InChI is InChI=1S/C10H10F2N2O2S2/c1-7(6-13)18(15,16)14-8-2-4-9(5-3-8)17-10(11)12/h2-5,7,10,14H,1H3. The molecule has 0 saturated carbocycles. The summed E-state index contributed by atoms with van der Waals surface area (Å²) in [5.74, 6) is -2.52. The molecular weight excluding hydrogens is 282 g/mol. The zero-order chi connectivity index (χ0) is 13.8. The summed E-state index contributed by atoms with van der Waals surface area (Å²) in [6.45, 7) is 1.25. The lowest BCUT2D eigenvalue weighted by Gasteiger charge is -2.09. The molecule has 0 saturated heterocycles. The predicted octanol–water partition coefficient (Wildman–Crippen LogP) is 2.66. The Hall–Kier alpha value is -1.33. The Morgan fingerprint density at radius 1 is 1.33 bits per heavy atom. The van der Waals surface area contributed by atoms with E-state index in [2.05, 4.69) is 4.72 Å². The van der Waals surface area contributed by atoms with Crippen molar-refractivity contribution in [3.05, 3.63) is 24.3 Å². The fourth-order valence-corrected chi connectivity index (χ4v) is 2.31. The van der Waals surface area contributed by atoms with E-state index in [1.54, 1.807) is 6.07 Å². The summed E-state index contributed by atoms with van der Waals surface area (Å²) in [7, 11) is -3.77. The second kappa shape index (κ2) is 6.02. The number of benzene rings is 1. The lowest BCUT2D eigenvalue weighted by Crippen LogP contribution is -2.23. The van der Waals surface area contributed by atoms with Crippen molar-refractivity contribution in [1.82, 2.24) is 0 Å². The van der Waals surface area contributed by atoms with E-state index in [0.29, 0.717) is 16.7 Å². The van der Waals surface area contributed by atoms with E-state index in [1.165, 1.54) is 31.2 Å². The van der Waals surface area contributed by atoms with E-state index in [-0.39, 0.29) is 5.69 Å². The third-order valence-electron chi connectivity index (χ3n) is 1.99. The Morgan fingerprint density at radius 2 is 1.89 bits per heavy atom. The minimum Gasteiger partial charge on any atom is -0.282 e. The van der Waals surface area contributed by atoms with Crippen molar-refractivity contribution in [1.29, 1.82) is 5.26 Å². The van der Waals surface area contributed by atoms with Gasteiger partial charge in [-0.15, -0.1) is 0 Å². The Labute approximate surface area is 108 Å². The van der Waals surface area contributed by atoms with Crippen molar-refractivity contribution in [2.75, 3.05) is 4.72 Å². The molecule has 1 unspecified atom stereocenters. The predicted molar refractivity (Wildman–Crippen MR) is 65.9 cm³/mol. The quantitative estimate of drug-likeness (QED) is 0.847. The average Bonchev–Trinajstić information content (AvgIpc) is 2.29. The van der Waals surface area contributed by atoms with Crippen LogP contribution in [0.3, 0.4) is 0 Å². The zero-order valence-electron chi connectivity index (χ0n) is 9.30. The van der Waals surface area contributed by atoms with Gasteiger partial charge in [-0.05, 0) is 31.2 Å². The first-order valence-electron chi connectivity index (χ1n) is 4.81. The number of thioether (sulfide) groups is 1. The highest BCUT2D eigenvalue weighted by atomic mass is 32.2. The van der Waals surface area contributed by atoms with Crippen molar-refractivity contribution >= 4 is 27.5 Å². The van der Waals surface area contributed by atoms with Gasteiger partial charge in [-0.25, -0.2) is 8.42 Å². The van der Waals surface area contributed by atoms with E-state index < -0.39 is 21.0 Å². The average molecular weight is 292 g/mol. The second-order valence-corrected chi connectivity index (χ2v) is 6.39. The monoisotopic (exact) mass is 292 g/mol. The number of nitrogens with zero attached hydrogens (tertiary/aromatic N) is 1. The third-order valence-corrected chi connectivity index (χ3v) is 4.27. The molecule has 1 N–H and O–H groups in total. The summed E-state index contributed by atoms with van der Waals surface area (Å²) in [4.78, 5) is 0.335. The Bertz CT molecular complexity index is 538. The summed E-state index contributed by atoms with van der Waals surface area (Å²) in [6, 6.07) is 7.11. The number of rotatable bonds is 5. The lowest BCUT2D eigenvalue weighted by molar-refractivity contribution is 0.252. The molecule has 1 rings (SSSR count). The minimum absolute atomic E-state index is 0.232. The van der Waals surface area contributed by atoms with Gasteiger partial charge >= 0.3 is 0 Å². The van der Waals surface area contributed by atoms with Crippen molar-refractivity contribution < 1.29 is 17.2 Å². The molecule has 0 heterocycles. The Kier molecular flexibility index (Phi) is 4.93. The molecule has 1 aromatic carbocycles. The van der Waals surface area contributed by atoms with E-state index >= 15 is 0 Å². The lowest BCUT2D eigenvalue weighted by atomic mass is 10.3. The summed E-state index contributed by atoms with van der Waals surface area (Å²) in [5.41, 5.74) is 0.232. The first kappa shape index (κ1) is 14.7. The smallest absolute Gasteiger partial charge is 0.282 e. The normalized spacial score (nSPS) is 13.1.